The quantitative estimate of drug-likeness (QED) is 0.789. The third kappa shape index (κ3) is 3.77. The van der Waals surface area contributed by atoms with Gasteiger partial charge in [0.05, 0.1) is 24.8 Å². The molecule has 0 spiro atoms. The van der Waals surface area contributed by atoms with Crippen LogP contribution in [-0.2, 0) is 15.1 Å². The maximum Gasteiger partial charge on any atom is 0.307 e. The van der Waals surface area contributed by atoms with Gasteiger partial charge in [-0.05, 0) is 32.0 Å². The summed E-state index contributed by atoms with van der Waals surface area (Å²) < 4.78 is 18.2. The fourth-order valence-electron chi connectivity index (χ4n) is 1.87. The third-order valence-corrected chi connectivity index (χ3v) is 2.71. The van der Waals surface area contributed by atoms with Crippen LogP contribution in [0.15, 0.2) is 18.5 Å². The van der Waals surface area contributed by atoms with Crippen LogP contribution >= 0.6 is 0 Å². The lowest BCUT2D eigenvalue weighted by molar-refractivity contribution is -0.144. The van der Waals surface area contributed by atoms with E-state index in [4.69, 9.17) is 4.74 Å². The van der Waals surface area contributed by atoms with Gasteiger partial charge in [0.2, 0.25) is 0 Å². The molecule has 1 aromatic heterocycles. The molecule has 1 atom stereocenters. The lowest BCUT2D eigenvalue weighted by Gasteiger charge is -2.29. The van der Waals surface area contributed by atoms with Gasteiger partial charge in [0.1, 0.15) is 5.82 Å². The van der Waals surface area contributed by atoms with Crippen LogP contribution in [0.1, 0.15) is 32.8 Å². The molecule has 0 radical (unpaired) electrons. The van der Waals surface area contributed by atoms with Crippen LogP contribution in [0.3, 0.4) is 0 Å². The number of halogens is 1. The lowest BCUT2D eigenvalue weighted by atomic mass is 9.89. The summed E-state index contributed by atoms with van der Waals surface area (Å²) in [7, 11) is 0. The van der Waals surface area contributed by atoms with Gasteiger partial charge in [-0.1, -0.05) is 6.92 Å². The summed E-state index contributed by atoms with van der Waals surface area (Å²) in [6.45, 7) is 6.51. The van der Waals surface area contributed by atoms with Crippen molar-refractivity contribution in [2.24, 2.45) is 0 Å². The van der Waals surface area contributed by atoms with E-state index in [0.717, 1.165) is 6.20 Å². The molecule has 0 saturated carbocycles. The van der Waals surface area contributed by atoms with E-state index in [2.05, 4.69) is 10.3 Å². The van der Waals surface area contributed by atoms with E-state index in [0.29, 0.717) is 18.7 Å². The number of carbonyl (C=O) groups excluding carboxylic acids is 1. The topological polar surface area (TPSA) is 51.2 Å². The second kappa shape index (κ2) is 6.44. The summed E-state index contributed by atoms with van der Waals surface area (Å²) in [4.78, 5) is 15.4. The summed E-state index contributed by atoms with van der Waals surface area (Å²) >= 11 is 0. The number of esters is 1. The van der Waals surface area contributed by atoms with E-state index in [1.807, 2.05) is 13.8 Å². The highest BCUT2D eigenvalue weighted by molar-refractivity contribution is 5.71. The molecule has 5 heteroatoms. The zero-order chi connectivity index (χ0) is 13.6. The predicted molar refractivity (Wildman–Crippen MR) is 66.5 cm³/mol. The molecule has 0 aromatic carbocycles. The Kier molecular flexibility index (Phi) is 5.22. The summed E-state index contributed by atoms with van der Waals surface area (Å²) in [6.07, 6.45) is 2.84. The molecule has 100 valence electrons. The first-order valence-corrected chi connectivity index (χ1v) is 6.03. The molecule has 1 unspecified atom stereocenters. The first-order chi connectivity index (χ1) is 8.51. The molecular weight excluding hydrogens is 235 g/mol. The van der Waals surface area contributed by atoms with E-state index >= 15 is 0 Å². The zero-order valence-electron chi connectivity index (χ0n) is 11.0. The Labute approximate surface area is 107 Å². The maximum absolute atomic E-state index is 13.2. The van der Waals surface area contributed by atoms with Gasteiger partial charge < -0.3 is 10.1 Å². The van der Waals surface area contributed by atoms with Gasteiger partial charge in [0, 0.05) is 6.20 Å². The van der Waals surface area contributed by atoms with Crippen LogP contribution in [0, 0.1) is 5.82 Å². The van der Waals surface area contributed by atoms with Crippen LogP contribution in [0.2, 0.25) is 0 Å². The first-order valence-electron chi connectivity index (χ1n) is 6.03. The van der Waals surface area contributed by atoms with Gasteiger partial charge in [-0.25, -0.2) is 4.39 Å². The fourth-order valence-corrected chi connectivity index (χ4v) is 1.87. The zero-order valence-corrected chi connectivity index (χ0v) is 11.0. The number of nitrogens with zero attached hydrogens (tertiary/aromatic N) is 1. The van der Waals surface area contributed by atoms with Crippen LogP contribution in [-0.4, -0.2) is 24.1 Å². The molecule has 1 N–H and O–H groups in total. The molecule has 0 saturated heterocycles. The number of hydrogen-bond acceptors (Lipinski definition) is 4. The Balaban J connectivity index is 2.95. The minimum absolute atomic E-state index is 0.139. The second-order valence-corrected chi connectivity index (χ2v) is 4.24. The highest BCUT2D eigenvalue weighted by Gasteiger charge is 2.30. The van der Waals surface area contributed by atoms with Gasteiger partial charge in [0.25, 0.3) is 0 Å². The third-order valence-electron chi connectivity index (χ3n) is 2.71. The first kappa shape index (κ1) is 14.6. The maximum atomic E-state index is 13.2. The molecule has 1 aromatic rings. The molecule has 0 aliphatic rings. The number of ether oxygens (including phenoxy) is 1. The molecular formula is C13H19FN2O2. The molecule has 1 heterocycles. The van der Waals surface area contributed by atoms with Crippen molar-refractivity contribution in [3.63, 3.8) is 0 Å². The van der Waals surface area contributed by atoms with Crippen LogP contribution in [0.4, 0.5) is 4.39 Å². The Morgan fingerprint density at radius 2 is 2.22 bits per heavy atom. The minimum atomic E-state index is -0.671. The van der Waals surface area contributed by atoms with Crippen molar-refractivity contribution >= 4 is 5.97 Å². The summed E-state index contributed by atoms with van der Waals surface area (Å²) in [5, 5.41) is 3.18. The molecule has 4 nitrogen and oxygen atoms in total. The number of rotatable bonds is 6. The van der Waals surface area contributed by atoms with E-state index in [-0.39, 0.29) is 12.4 Å². The van der Waals surface area contributed by atoms with E-state index in [9.17, 15) is 9.18 Å². The van der Waals surface area contributed by atoms with Crippen LogP contribution in [0.25, 0.3) is 0 Å². The van der Waals surface area contributed by atoms with Crippen molar-refractivity contribution in [1.82, 2.24) is 10.3 Å². The number of aromatic nitrogens is 1. The van der Waals surface area contributed by atoms with Crippen LogP contribution in [0.5, 0.6) is 0 Å². The van der Waals surface area contributed by atoms with Gasteiger partial charge in [0.15, 0.2) is 0 Å². The monoisotopic (exact) mass is 254 g/mol. The SMILES string of the molecule is CCNC(C)(CC(=O)OCC)c1cncc(F)c1. The normalized spacial score (nSPS) is 14.0. The number of nitrogens with one attached hydrogen (secondary N) is 1. The Morgan fingerprint density at radius 3 is 2.78 bits per heavy atom. The Morgan fingerprint density at radius 1 is 1.50 bits per heavy atom. The molecule has 0 bridgehead atoms. The minimum Gasteiger partial charge on any atom is -0.466 e. The summed E-state index contributed by atoms with van der Waals surface area (Å²) in [6, 6.07) is 1.38. The van der Waals surface area contributed by atoms with Crippen molar-refractivity contribution in [1.29, 1.82) is 0 Å². The lowest BCUT2D eigenvalue weighted by Crippen LogP contribution is -2.41. The van der Waals surface area contributed by atoms with Crippen molar-refractivity contribution < 1.29 is 13.9 Å². The van der Waals surface area contributed by atoms with E-state index < -0.39 is 11.4 Å². The standard InChI is InChI=1S/C13H19FN2O2/c1-4-16-13(3,7-12(17)18-5-2)10-6-11(14)9-15-8-10/h6,8-9,16H,4-5,7H2,1-3H3. The van der Waals surface area contributed by atoms with Crippen molar-refractivity contribution in [2.75, 3.05) is 13.2 Å². The van der Waals surface area contributed by atoms with Gasteiger partial charge in [-0.3, -0.25) is 9.78 Å². The number of carbonyl (C=O) groups is 1. The van der Waals surface area contributed by atoms with E-state index in [1.165, 1.54) is 6.07 Å². The highest BCUT2D eigenvalue weighted by Crippen LogP contribution is 2.25. The van der Waals surface area contributed by atoms with Crippen molar-refractivity contribution in [2.45, 2.75) is 32.7 Å². The van der Waals surface area contributed by atoms with Gasteiger partial charge in [-0.15, -0.1) is 0 Å². The average Bonchev–Trinajstić information content (AvgIpc) is 2.29. The van der Waals surface area contributed by atoms with Gasteiger partial charge in [-0.2, -0.15) is 0 Å². The molecule has 0 aliphatic carbocycles. The van der Waals surface area contributed by atoms with Crippen molar-refractivity contribution in [3.8, 4) is 0 Å². The number of hydrogen-bond donors (Lipinski definition) is 1. The predicted octanol–water partition coefficient (Wildman–Crippen LogP) is 2.00. The molecule has 18 heavy (non-hydrogen) atoms. The summed E-state index contributed by atoms with van der Waals surface area (Å²) in [5.41, 5.74) is -0.0340. The largest absolute Gasteiger partial charge is 0.466 e. The fraction of sp³-hybridized carbons (Fsp3) is 0.538. The summed E-state index contributed by atoms with van der Waals surface area (Å²) in [5.74, 6) is -0.731. The second-order valence-electron chi connectivity index (χ2n) is 4.24. The smallest absolute Gasteiger partial charge is 0.307 e. The molecule has 1 rings (SSSR count). The van der Waals surface area contributed by atoms with Crippen LogP contribution < -0.4 is 5.32 Å². The molecule has 0 fully saturated rings. The number of pyridine rings is 1. The average molecular weight is 254 g/mol. The molecule has 0 aliphatic heterocycles. The Bertz CT molecular complexity index is 412. The van der Waals surface area contributed by atoms with Crippen molar-refractivity contribution in [3.05, 3.63) is 29.8 Å². The molecule has 0 amide bonds. The van der Waals surface area contributed by atoms with E-state index in [1.54, 1.807) is 13.1 Å². The van der Waals surface area contributed by atoms with Gasteiger partial charge >= 0.3 is 5.97 Å². The highest BCUT2D eigenvalue weighted by atomic mass is 19.1. The Hall–Kier alpha value is -1.49.